The van der Waals surface area contributed by atoms with Gasteiger partial charge in [-0.05, 0) is 65.7 Å². The molecule has 0 N–H and O–H groups in total. The first kappa shape index (κ1) is 29.0. The predicted octanol–water partition coefficient (Wildman–Crippen LogP) is 12.6. The highest BCUT2D eigenvalue weighted by Gasteiger charge is 2.26. The summed E-state index contributed by atoms with van der Waals surface area (Å²) in [6, 6.07) is 63.5. The standard InChI is InChI=1S/C50H29N5/c1-2-13-30(14-3-1)53-42-22-9-6-16-33(42)38-26-27-39-34-17-7-10-23-43(34)54(49(39)48(38)53)31-25-28-45-40(29-31)35-18-8-11-24-44(35)55(45)50-51-41-21-12-20-36-32-15-4-5-19-37(32)47(52-50)46(36)41/h1-29H. The lowest BCUT2D eigenvalue weighted by molar-refractivity contribution is 1.01. The Morgan fingerprint density at radius 2 is 0.873 bits per heavy atom. The number of hydrogen-bond acceptors (Lipinski definition) is 2. The van der Waals surface area contributed by atoms with Gasteiger partial charge in [0, 0.05) is 54.6 Å². The lowest BCUT2D eigenvalue weighted by Gasteiger charge is -2.13. The number of para-hydroxylation sites is 4. The van der Waals surface area contributed by atoms with Gasteiger partial charge in [0.25, 0.3) is 0 Å². The molecule has 1 aliphatic rings. The molecule has 8 aromatic carbocycles. The molecule has 0 saturated carbocycles. The highest BCUT2D eigenvalue weighted by Crippen LogP contribution is 2.47. The molecule has 0 spiro atoms. The highest BCUT2D eigenvalue weighted by molar-refractivity contribution is 6.24. The van der Waals surface area contributed by atoms with Crippen molar-refractivity contribution in [2.75, 3.05) is 0 Å². The Hall–Kier alpha value is -7.50. The third-order valence-corrected chi connectivity index (χ3v) is 11.8. The van der Waals surface area contributed by atoms with Crippen molar-refractivity contribution in [3.05, 3.63) is 176 Å². The molecule has 0 atom stereocenters. The van der Waals surface area contributed by atoms with Crippen LogP contribution in [0, 0.1) is 0 Å². The topological polar surface area (TPSA) is 40.6 Å². The summed E-state index contributed by atoms with van der Waals surface area (Å²) in [5, 5.41) is 8.39. The van der Waals surface area contributed by atoms with Crippen LogP contribution in [0.5, 0.6) is 0 Å². The summed E-state index contributed by atoms with van der Waals surface area (Å²) < 4.78 is 7.16. The Balaban J connectivity index is 1.13. The first-order chi connectivity index (χ1) is 27.3. The van der Waals surface area contributed by atoms with Crippen molar-refractivity contribution in [1.29, 1.82) is 0 Å². The summed E-state index contributed by atoms with van der Waals surface area (Å²) in [6.45, 7) is 0. The summed E-state index contributed by atoms with van der Waals surface area (Å²) in [4.78, 5) is 10.6. The molecule has 0 bridgehead atoms. The largest absolute Gasteiger partial charge is 0.307 e. The molecule has 5 nitrogen and oxygen atoms in total. The molecule has 0 amide bonds. The van der Waals surface area contributed by atoms with Crippen LogP contribution in [0.2, 0.25) is 0 Å². The minimum atomic E-state index is 0.682. The SMILES string of the molecule is c1ccc(-n2c3ccccc3c3ccc4c5ccccc5n(-c5ccc6c(c5)c5ccccc5n6-c5nc6c7c(cccc7n5)-c5ccccc5-6)c4c32)cc1. The molecule has 12 aromatic rings. The first-order valence-corrected chi connectivity index (χ1v) is 18.8. The van der Waals surface area contributed by atoms with E-state index in [4.69, 9.17) is 9.97 Å². The number of aromatic nitrogens is 5. The van der Waals surface area contributed by atoms with Gasteiger partial charge in [0.1, 0.15) is 0 Å². The molecule has 0 aliphatic heterocycles. The van der Waals surface area contributed by atoms with Crippen LogP contribution in [0.1, 0.15) is 0 Å². The van der Waals surface area contributed by atoms with Crippen molar-refractivity contribution >= 4 is 76.3 Å². The van der Waals surface area contributed by atoms with Gasteiger partial charge in [-0.15, -0.1) is 0 Å². The number of rotatable bonds is 3. The normalized spacial score (nSPS) is 12.4. The predicted molar refractivity (Wildman–Crippen MR) is 227 cm³/mol. The first-order valence-electron chi connectivity index (χ1n) is 18.8. The monoisotopic (exact) mass is 699 g/mol. The second-order valence-corrected chi connectivity index (χ2v) is 14.6. The van der Waals surface area contributed by atoms with Crippen molar-refractivity contribution in [2.45, 2.75) is 0 Å². The van der Waals surface area contributed by atoms with E-state index < -0.39 is 0 Å². The molecule has 5 heteroatoms. The molecule has 4 heterocycles. The van der Waals surface area contributed by atoms with Crippen LogP contribution in [0.25, 0.3) is 116 Å². The molecular weight excluding hydrogens is 671 g/mol. The van der Waals surface area contributed by atoms with Crippen LogP contribution in [-0.2, 0) is 0 Å². The zero-order valence-corrected chi connectivity index (χ0v) is 29.5. The van der Waals surface area contributed by atoms with E-state index in [1.54, 1.807) is 0 Å². The third-order valence-electron chi connectivity index (χ3n) is 11.8. The summed E-state index contributed by atoms with van der Waals surface area (Å²) in [6.07, 6.45) is 0. The second-order valence-electron chi connectivity index (χ2n) is 14.6. The van der Waals surface area contributed by atoms with Crippen LogP contribution in [0.3, 0.4) is 0 Å². The summed E-state index contributed by atoms with van der Waals surface area (Å²) in [7, 11) is 0. The second kappa shape index (κ2) is 10.6. The average molecular weight is 700 g/mol. The molecule has 0 fully saturated rings. The molecule has 1 aliphatic carbocycles. The van der Waals surface area contributed by atoms with Crippen LogP contribution < -0.4 is 0 Å². The van der Waals surface area contributed by atoms with Crippen molar-refractivity contribution in [2.24, 2.45) is 0 Å². The maximum absolute atomic E-state index is 5.35. The molecule has 13 rings (SSSR count). The van der Waals surface area contributed by atoms with Gasteiger partial charge < -0.3 is 9.13 Å². The quantitative estimate of drug-likeness (QED) is 0.184. The fraction of sp³-hybridized carbons (Fsp3) is 0. The Labute approximate surface area is 314 Å². The van der Waals surface area contributed by atoms with Crippen LogP contribution in [0.4, 0.5) is 0 Å². The number of hydrogen-bond donors (Lipinski definition) is 0. The van der Waals surface area contributed by atoms with Crippen molar-refractivity contribution in [3.63, 3.8) is 0 Å². The minimum Gasteiger partial charge on any atom is -0.307 e. The molecule has 0 unspecified atom stereocenters. The highest BCUT2D eigenvalue weighted by atomic mass is 15.2. The van der Waals surface area contributed by atoms with Gasteiger partial charge in [0.15, 0.2) is 0 Å². The number of nitrogens with zero attached hydrogens (tertiary/aromatic N) is 5. The van der Waals surface area contributed by atoms with Gasteiger partial charge >= 0.3 is 0 Å². The van der Waals surface area contributed by atoms with Gasteiger partial charge in [-0.3, -0.25) is 4.57 Å². The fourth-order valence-corrected chi connectivity index (χ4v) is 9.54. The Morgan fingerprint density at radius 1 is 0.327 bits per heavy atom. The van der Waals surface area contributed by atoms with Crippen LogP contribution in [-0.4, -0.2) is 23.7 Å². The summed E-state index contributed by atoms with van der Waals surface area (Å²) in [5.74, 6) is 0.682. The zero-order chi connectivity index (χ0) is 35.8. The van der Waals surface area contributed by atoms with Gasteiger partial charge in [-0.1, -0.05) is 121 Å². The van der Waals surface area contributed by atoms with Crippen LogP contribution in [0.15, 0.2) is 176 Å². The molecule has 254 valence electrons. The lowest BCUT2D eigenvalue weighted by atomic mass is 10.1. The smallest absolute Gasteiger partial charge is 0.235 e. The maximum Gasteiger partial charge on any atom is 0.235 e. The van der Waals surface area contributed by atoms with E-state index in [0.29, 0.717) is 5.95 Å². The Bertz CT molecular complexity index is 3600. The van der Waals surface area contributed by atoms with Gasteiger partial charge in [-0.2, -0.15) is 0 Å². The van der Waals surface area contributed by atoms with Gasteiger partial charge in [0.05, 0.1) is 44.3 Å². The molecule has 0 radical (unpaired) electrons. The number of fused-ring (bicyclic) bond motifs is 13. The molecule has 55 heavy (non-hydrogen) atoms. The van der Waals surface area contributed by atoms with Crippen molar-refractivity contribution in [3.8, 4) is 39.7 Å². The third kappa shape index (κ3) is 3.76. The van der Waals surface area contributed by atoms with E-state index in [2.05, 4.69) is 190 Å². The van der Waals surface area contributed by atoms with E-state index in [-0.39, 0.29) is 0 Å². The number of benzene rings is 8. The minimum absolute atomic E-state index is 0.682. The summed E-state index contributed by atoms with van der Waals surface area (Å²) in [5.41, 5.74) is 14.7. The van der Waals surface area contributed by atoms with Gasteiger partial charge in [0.2, 0.25) is 5.95 Å². The maximum atomic E-state index is 5.35. The molecule has 4 aromatic heterocycles. The zero-order valence-electron chi connectivity index (χ0n) is 29.5. The van der Waals surface area contributed by atoms with Crippen molar-refractivity contribution < 1.29 is 0 Å². The summed E-state index contributed by atoms with van der Waals surface area (Å²) >= 11 is 0. The van der Waals surface area contributed by atoms with Gasteiger partial charge in [-0.25, -0.2) is 9.97 Å². The average Bonchev–Trinajstić information content (AvgIpc) is 3.97. The molecule has 0 saturated heterocycles. The van der Waals surface area contributed by atoms with E-state index in [1.807, 2.05) is 0 Å². The fourth-order valence-electron chi connectivity index (χ4n) is 9.54. The Kier molecular flexibility index (Phi) is 5.57. The molecular formula is C50H29N5. The van der Waals surface area contributed by atoms with E-state index in [0.717, 1.165) is 55.3 Å². The lowest BCUT2D eigenvalue weighted by Crippen LogP contribution is -2.02. The van der Waals surface area contributed by atoms with E-state index in [9.17, 15) is 0 Å². The van der Waals surface area contributed by atoms with Crippen LogP contribution >= 0.6 is 0 Å². The van der Waals surface area contributed by atoms with E-state index >= 15 is 0 Å². The Morgan fingerprint density at radius 3 is 1.58 bits per heavy atom. The van der Waals surface area contributed by atoms with E-state index in [1.165, 1.54) is 54.7 Å². The van der Waals surface area contributed by atoms with Crippen molar-refractivity contribution in [1.82, 2.24) is 23.7 Å².